The van der Waals surface area contributed by atoms with Gasteiger partial charge in [0.1, 0.15) is 0 Å². The number of hydrogen-bond acceptors (Lipinski definition) is 0. The van der Waals surface area contributed by atoms with Gasteiger partial charge in [-0.3, -0.25) is 0 Å². The Morgan fingerprint density at radius 2 is 0.878 bits per heavy atom. The summed E-state index contributed by atoms with van der Waals surface area (Å²) in [7, 11) is 10.7. The van der Waals surface area contributed by atoms with Crippen LogP contribution in [-0.4, -0.2) is 3.71 Å². The maximum atomic E-state index is 5.37. The molecular weight excluding hydrogens is 715 g/mol. The van der Waals surface area contributed by atoms with Crippen molar-refractivity contribution in [3.8, 4) is 22.3 Å². The predicted octanol–water partition coefficient (Wildman–Crippen LogP) is 15.0. The minimum absolute atomic E-state index is 0.204. The Kier molecular flexibility index (Phi) is 13.3. The van der Waals surface area contributed by atoms with Gasteiger partial charge in [-0.25, -0.2) is 0 Å². The molecule has 6 aromatic rings. The van der Waals surface area contributed by atoms with Gasteiger partial charge in [0.2, 0.25) is 0 Å². The van der Waals surface area contributed by atoms with Crippen LogP contribution in [0.2, 0.25) is 0 Å². The van der Waals surface area contributed by atoms with Crippen LogP contribution in [0.5, 0.6) is 0 Å². The van der Waals surface area contributed by atoms with E-state index in [0.29, 0.717) is 11.8 Å². The summed E-state index contributed by atoms with van der Waals surface area (Å²) in [6, 6.07) is 40.7. The second-order valence-corrected chi connectivity index (χ2v) is 24.5. The number of hydrogen-bond donors (Lipinski definition) is 0. The normalized spacial score (nSPS) is 11.7. The monoisotopic (exact) mass is 766 g/mol. The molecule has 0 aliphatic heterocycles. The zero-order chi connectivity index (χ0) is 36.1. The molecule has 0 saturated heterocycles. The summed E-state index contributed by atoms with van der Waals surface area (Å²) in [5, 5.41) is 5.44. The van der Waals surface area contributed by atoms with E-state index in [9.17, 15) is 0 Å². The summed E-state index contributed by atoms with van der Waals surface area (Å²) in [5.41, 5.74) is 11.3. The molecule has 0 amide bonds. The van der Waals surface area contributed by atoms with E-state index in [1.165, 1.54) is 66.1 Å². The predicted molar refractivity (Wildman–Crippen MR) is 219 cm³/mol. The number of halogens is 2. The van der Waals surface area contributed by atoms with E-state index in [1.54, 1.807) is 0 Å². The Hall–Kier alpha value is -2.57. The summed E-state index contributed by atoms with van der Waals surface area (Å²) in [6.45, 7) is 24.5. The van der Waals surface area contributed by atoms with Crippen LogP contribution in [0.1, 0.15) is 110 Å². The molecule has 0 aliphatic carbocycles. The molecule has 0 fully saturated rings. The van der Waals surface area contributed by atoms with Crippen molar-refractivity contribution in [2.45, 2.75) is 98.8 Å². The number of benzene rings is 4. The van der Waals surface area contributed by atoms with E-state index >= 15 is 0 Å². The second kappa shape index (κ2) is 16.6. The summed E-state index contributed by atoms with van der Waals surface area (Å²) in [4.78, 5) is 0. The zero-order valence-electron chi connectivity index (χ0n) is 31.4. The van der Waals surface area contributed by atoms with Crippen LogP contribution in [-0.2, 0) is 29.7 Å². The third kappa shape index (κ3) is 10.3. The first kappa shape index (κ1) is 39.2. The first-order chi connectivity index (χ1) is 23.0. The van der Waals surface area contributed by atoms with Crippen molar-refractivity contribution < 1.29 is 18.9 Å². The molecule has 258 valence electrons. The number of rotatable bonds is 4. The molecule has 0 spiro atoms. The fourth-order valence-electron chi connectivity index (χ4n) is 5.99. The second-order valence-electron chi connectivity index (χ2n) is 15.7. The van der Waals surface area contributed by atoms with Crippen LogP contribution in [0.15, 0.2) is 109 Å². The Labute approximate surface area is 311 Å². The van der Waals surface area contributed by atoms with Gasteiger partial charge in [-0.15, -0.1) is 69.1 Å². The molecule has 0 saturated carbocycles. The van der Waals surface area contributed by atoms with Crippen molar-refractivity contribution in [3.63, 3.8) is 0 Å². The van der Waals surface area contributed by atoms with Gasteiger partial charge in [-0.1, -0.05) is 141 Å². The minimum atomic E-state index is -1.76. The molecule has 49 heavy (non-hydrogen) atoms. The van der Waals surface area contributed by atoms with Crippen LogP contribution in [0.25, 0.3) is 43.8 Å². The van der Waals surface area contributed by atoms with E-state index in [4.69, 9.17) is 17.0 Å². The van der Waals surface area contributed by atoms with E-state index in [1.807, 2.05) is 10.6 Å². The fourth-order valence-corrected chi connectivity index (χ4v) is 5.99. The quantitative estimate of drug-likeness (QED) is 0.157. The standard InChI is InChI=1S/2C22H25.C2H4.2ClH.Zr/c2*1-15(2)18-13-17-7-6-8-20(21(17)14-18)16-9-11-19(12-10-16)22(3,4)5;1-2;;;/h2*6-15H,1-5H3;1H,2H3;2*1H;/q2*-1;;;;+2/p-2. The number of fused-ring (bicyclic) bond motifs is 2. The van der Waals surface area contributed by atoms with Gasteiger partial charge in [0.05, 0.1) is 0 Å². The molecule has 0 radical (unpaired) electrons. The van der Waals surface area contributed by atoms with Gasteiger partial charge in [-0.2, -0.15) is 12.1 Å². The molecule has 0 nitrogen and oxygen atoms in total. The average molecular weight is 769 g/mol. The van der Waals surface area contributed by atoms with Crippen LogP contribution < -0.4 is 0 Å². The molecule has 6 aromatic carbocycles. The van der Waals surface area contributed by atoms with Crippen molar-refractivity contribution in [2.24, 2.45) is 0 Å². The van der Waals surface area contributed by atoms with Crippen molar-refractivity contribution in [1.82, 2.24) is 0 Å². The van der Waals surface area contributed by atoms with Crippen LogP contribution in [0, 0.1) is 0 Å². The molecule has 0 atom stereocenters. The van der Waals surface area contributed by atoms with Crippen LogP contribution >= 0.6 is 17.0 Å². The molecule has 0 heterocycles. The molecule has 0 unspecified atom stereocenters. The van der Waals surface area contributed by atoms with E-state index < -0.39 is 18.9 Å². The Bertz CT molecular complexity index is 1840. The zero-order valence-corrected chi connectivity index (χ0v) is 35.4. The first-order valence-corrected chi connectivity index (χ1v) is 25.3. The Balaban J connectivity index is 0.000000194. The average Bonchev–Trinajstić information content (AvgIpc) is 3.70. The van der Waals surface area contributed by atoms with Crippen molar-refractivity contribution >= 4 is 42.3 Å². The molecule has 0 N–H and O–H groups in total. The Morgan fingerprint density at radius 1 is 0.551 bits per heavy atom. The van der Waals surface area contributed by atoms with E-state index in [-0.39, 0.29) is 10.8 Å². The molecular formula is C46H54Cl2Zr-2. The van der Waals surface area contributed by atoms with Gasteiger partial charge >= 0.3 is 46.5 Å². The summed E-state index contributed by atoms with van der Waals surface area (Å²) in [6.07, 6.45) is 0. The fraction of sp³-hybridized carbons (Fsp3) is 0.326. The van der Waals surface area contributed by atoms with Gasteiger partial charge in [0.15, 0.2) is 0 Å². The molecule has 3 heteroatoms. The van der Waals surface area contributed by atoms with Crippen molar-refractivity contribution in [3.05, 3.63) is 131 Å². The van der Waals surface area contributed by atoms with Crippen LogP contribution in [0.3, 0.4) is 0 Å². The van der Waals surface area contributed by atoms with Crippen molar-refractivity contribution in [1.29, 1.82) is 0 Å². The molecule has 6 rings (SSSR count). The van der Waals surface area contributed by atoms with Crippen LogP contribution in [0.4, 0.5) is 0 Å². The van der Waals surface area contributed by atoms with Gasteiger partial charge < -0.3 is 0 Å². The summed E-state index contributed by atoms with van der Waals surface area (Å²) in [5.74, 6) is 1.15. The topological polar surface area (TPSA) is 0 Å². The van der Waals surface area contributed by atoms with Gasteiger partial charge in [0, 0.05) is 0 Å². The maximum absolute atomic E-state index is 5.37. The third-order valence-electron chi connectivity index (χ3n) is 9.22. The Morgan fingerprint density at radius 3 is 1.14 bits per heavy atom. The van der Waals surface area contributed by atoms with Gasteiger partial charge in [-0.05, 0) is 44.9 Å². The van der Waals surface area contributed by atoms with Crippen molar-refractivity contribution in [2.75, 3.05) is 0 Å². The summed E-state index contributed by atoms with van der Waals surface area (Å²) < 4.78 is 1.89. The molecule has 0 bridgehead atoms. The summed E-state index contributed by atoms with van der Waals surface area (Å²) >= 11 is -1.76. The first-order valence-electron chi connectivity index (χ1n) is 17.6. The van der Waals surface area contributed by atoms with Gasteiger partial charge in [0.25, 0.3) is 0 Å². The van der Waals surface area contributed by atoms with E-state index in [0.717, 1.165) is 0 Å². The van der Waals surface area contributed by atoms with E-state index in [2.05, 4.69) is 178 Å². The third-order valence-corrected chi connectivity index (χ3v) is 12.9. The SMILES string of the molecule is CC(C)c1cc2c(-c3ccc(C(C)(C)C)cc3)cccc2[cH-]1.CC(C)c1cc2c(-c3ccc(C(C)(C)C)cc3)cccc2[cH-]1.C[CH]=[Zr]([Cl])[Cl]. The molecule has 0 aromatic heterocycles. The molecule has 0 aliphatic rings.